The molecule has 0 heterocycles. The quantitative estimate of drug-likeness (QED) is 0.608. The van der Waals surface area contributed by atoms with Crippen molar-refractivity contribution in [2.24, 2.45) is 0 Å². The van der Waals surface area contributed by atoms with Crippen molar-refractivity contribution in [3.05, 3.63) is 27.7 Å². The van der Waals surface area contributed by atoms with Gasteiger partial charge in [0.15, 0.2) is 0 Å². The van der Waals surface area contributed by atoms with Crippen LogP contribution in [0.2, 0.25) is 0 Å². The van der Waals surface area contributed by atoms with Crippen molar-refractivity contribution >= 4 is 27.6 Å². The standard InChI is InChI=1S/C9H10BrNO2/c1-5-3-4-6(10)8(11)7(5)9(12)13-2/h3-4H,11H2,1-2H3. The molecule has 0 bridgehead atoms. The van der Waals surface area contributed by atoms with Gasteiger partial charge in [-0.05, 0) is 34.5 Å². The van der Waals surface area contributed by atoms with Gasteiger partial charge in [-0.2, -0.15) is 0 Å². The van der Waals surface area contributed by atoms with Crippen molar-refractivity contribution in [2.75, 3.05) is 12.8 Å². The van der Waals surface area contributed by atoms with E-state index in [4.69, 9.17) is 5.73 Å². The van der Waals surface area contributed by atoms with E-state index in [9.17, 15) is 4.79 Å². The smallest absolute Gasteiger partial charge is 0.340 e. The third-order valence-electron chi connectivity index (χ3n) is 1.79. The molecule has 0 spiro atoms. The average Bonchev–Trinajstić information content (AvgIpc) is 2.12. The highest BCUT2D eigenvalue weighted by atomic mass is 79.9. The number of ether oxygens (including phenoxy) is 1. The topological polar surface area (TPSA) is 52.3 Å². The van der Waals surface area contributed by atoms with Crippen LogP contribution < -0.4 is 5.73 Å². The van der Waals surface area contributed by atoms with Crippen molar-refractivity contribution in [3.8, 4) is 0 Å². The predicted molar refractivity (Wildman–Crippen MR) is 54.6 cm³/mol. The van der Waals surface area contributed by atoms with Gasteiger partial charge in [-0.25, -0.2) is 4.79 Å². The van der Waals surface area contributed by atoms with E-state index in [2.05, 4.69) is 20.7 Å². The molecular weight excluding hydrogens is 234 g/mol. The second-order valence-electron chi connectivity index (χ2n) is 2.64. The highest BCUT2D eigenvalue weighted by Crippen LogP contribution is 2.26. The normalized spacial score (nSPS) is 9.77. The van der Waals surface area contributed by atoms with Gasteiger partial charge < -0.3 is 10.5 Å². The zero-order valence-electron chi connectivity index (χ0n) is 7.43. The fourth-order valence-electron chi connectivity index (χ4n) is 1.08. The van der Waals surface area contributed by atoms with Gasteiger partial charge in [-0.3, -0.25) is 0 Å². The maximum atomic E-state index is 11.3. The fourth-order valence-corrected chi connectivity index (χ4v) is 1.41. The van der Waals surface area contributed by atoms with E-state index < -0.39 is 5.97 Å². The zero-order valence-corrected chi connectivity index (χ0v) is 9.01. The predicted octanol–water partition coefficient (Wildman–Crippen LogP) is 2.13. The largest absolute Gasteiger partial charge is 0.465 e. The first-order valence-electron chi connectivity index (χ1n) is 3.70. The molecule has 0 aliphatic carbocycles. The van der Waals surface area contributed by atoms with E-state index in [1.807, 2.05) is 13.0 Å². The van der Waals surface area contributed by atoms with E-state index in [1.54, 1.807) is 6.07 Å². The number of hydrogen-bond donors (Lipinski definition) is 1. The molecule has 0 saturated carbocycles. The Labute approximate surface area is 85.0 Å². The van der Waals surface area contributed by atoms with Crippen LogP contribution in [-0.4, -0.2) is 13.1 Å². The van der Waals surface area contributed by atoms with Crippen LogP contribution in [0, 0.1) is 6.92 Å². The molecule has 0 aliphatic rings. The van der Waals surface area contributed by atoms with Crippen LogP contribution in [0.15, 0.2) is 16.6 Å². The Morgan fingerprint density at radius 2 is 2.15 bits per heavy atom. The minimum atomic E-state index is -0.406. The SMILES string of the molecule is COC(=O)c1c(C)ccc(Br)c1N. The Kier molecular flexibility index (Phi) is 2.93. The van der Waals surface area contributed by atoms with Crippen molar-refractivity contribution in [2.45, 2.75) is 6.92 Å². The number of carbonyl (C=O) groups is 1. The summed E-state index contributed by atoms with van der Waals surface area (Å²) in [5, 5.41) is 0. The van der Waals surface area contributed by atoms with E-state index in [0.717, 1.165) is 5.56 Å². The van der Waals surface area contributed by atoms with Crippen molar-refractivity contribution in [3.63, 3.8) is 0 Å². The highest BCUT2D eigenvalue weighted by molar-refractivity contribution is 9.10. The third-order valence-corrected chi connectivity index (χ3v) is 2.48. The molecular formula is C9H10BrNO2. The molecule has 0 unspecified atom stereocenters. The number of rotatable bonds is 1. The lowest BCUT2D eigenvalue weighted by Crippen LogP contribution is -2.08. The van der Waals surface area contributed by atoms with Gasteiger partial charge in [-0.1, -0.05) is 6.07 Å². The van der Waals surface area contributed by atoms with Crippen LogP contribution >= 0.6 is 15.9 Å². The molecule has 4 heteroatoms. The number of halogens is 1. The highest BCUT2D eigenvalue weighted by Gasteiger charge is 2.14. The molecule has 1 aromatic carbocycles. The molecule has 13 heavy (non-hydrogen) atoms. The molecule has 0 amide bonds. The van der Waals surface area contributed by atoms with E-state index in [-0.39, 0.29) is 0 Å². The lowest BCUT2D eigenvalue weighted by molar-refractivity contribution is 0.0601. The van der Waals surface area contributed by atoms with Gasteiger partial charge >= 0.3 is 5.97 Å². The maximum Gasteiger partial charge on any atom is 0.340 e. The van der Waals surface area contributed by atoms with Crippen LogP contribution in [0.5, 0.6) is 0 Å². The molecule has 0 fully saturated rings. The number of carbonyl (C=O) groups excluding carboxylic acids is 1. The summed E-state index contributed by atoms with van der Waals surface area (Å²) in [5.41, 5.74) is 7.38. The van der Waals surface area contributed by atoms with Gasteiger partial charge in [0.25, 0.3) is 0 Å². The van der Waals surface area contributed by atoms with Gasteiger partial charge in [0.1, 0.15) is 0 Å². The summed E-state index contributed by atoms with van der Waals surface area (Å²) in [6, 6.07) is 3.61. The Morgan fingerprint density at radius 1 is 1.54 bits per heavy atom. The first-order chi connectivity index (χ1) is 6.07. The average molecular weight is 244 g/mol. The summed E-state index contributed by atoms with van der Waals surface area (Å²) in [6.07, 6.45) is 0. The molecule has 2 N–H and O–H groups in total. The van der Waals surface area contributed by atoms with Crippen LogP contribution in [0.25, 0.3) is 0 Å². The number of nitrogen functional groups attached to an aromatic ring is 1. The van der Waals surface area contributed by atoms with E-state index in [1.165, 1.54) is 7.11 Å². The molecule has 1 aromatic rings. The summed E-state index contributed by atoms with van der Waals surface area (Å²) in [5.74, 6) is -0.406. The Hall–Kier alpha value is -1.03. The van der Waals surface area contributed by atoms with Crippen molar-refractivity contribution in [1.29, 1.82) is 0 Å². The molecule has 0 aliphatic heterocycles. The second kappa shape index (κ2) is 3.79. The van der Waals surface area contributed by atoms with Crippen LogP contribution in [0.1, 0.15) is 15.9 Å². The van der Waals surface area contributed by atoms with Crippen LogP contribution in [0.3, 0.4) is 0 Å². The number of anilines is 1. The minimum Gasteiger partial charge on any atom is -0.465 e. The molecule has 0 radical (unpaired) electrons. The zero-order chi connectivity index (χ0) is 10.0. The molecule has 3 nitrogen and oxygen atoms in total. The monoisotopic (exact) mass is 243 g/mol. The van der Waals surface area contributed by atoms with Crippen molar-refractivity contribution < 1.29 is 9.53 Å². The Morgan fingerprint density at radius 3 is 2.69 bits per heavy atom. The molecule has 1 rings (SSSR count). The van der Waals surface area contributed by atoms with E-state index in [0.29, 0.717) is 15.7 Å². The lowest BCUT2D eigenvalue weighted by atomic mass is 10.1. The molecule has 0 aromatic heterocycles. The summed E-state index contributed by atoms with van der Waals surface area (Å²) >= 11 is 3.24. The number of methoxy groups -OCH3 is 1. The van der Waals surface area contributed by atoms with Gasteiger partial charge in [0, 0.05) is 4.47 Å². The number of esters is 1. The lowest BCUT2D eigenvalue weighted by Gasteiger charge is -2.08. The summed E-state index contributed by atoms with van der Waals surface area (Å²) in [6.45, 7) is 1.81. The van der Waals surface area contributed by atoms with Crippen LogP contribution in [0.4, 0.5) is 5.69 Å². The minimum absolute atomic E-state index is 0.406. The van der Waals surface area contributed by atoms with Crippen LogP contribution in [-0.2, 0) is 4.74 Å². The summed E-state index contributed by atoms with van der Waals surface area (Å²) in [7, 11) is 1.34. The molecule has 0 atom stereocenters. The number of hydrogen-bond acceptors (Lipinski definition) is 3. The maximum absolute atomic E-state index is 11.3. The first kappa shape index (κ1) is 10.1. The Bertz CT molecular complexity index is 350. The number of nitrogens with two attached hydrogens (primary N) is 1. The first-order valence-corrected chi connectivity index (χ1v) is 4.50. The van der Waals surface area contributed by atoms with Gasteiger partial charge in [0.2, 0.25) is 0 Å². The number of benzene rings is 1. The fraction of sp³-hybridized carbons (Fsp3) is 0.222. The summed E-state index contributed by atoms with van der Waals surface area (Å²) < 4.78 is 5.32. The van der Waals surface area contributed by atoms with E-state index >= 15 is 0 Å². The Balaban J connectivity index is 3.33. The summed E-state index contributed by atoms with van der Waals surface area (Å²) in [4.78, 5) is 11.3. The number of aryl methyl sites for hydroxylation is 1. The molecule has 70 valence electrons. The van der Waals surface area contributed by atoms with Gasteiger partial charge in [0.05, 0.1) is 18.4 Å². The molecule has 0 saturated heterocycles. The van der Waals surface area contributed by atoms with Crippen molar-refractivity contribution in [1.82, 2.24) is 0 Å². The van der Waals surface area contributed by atoms with Gasteiger partial charge in [-0.15, -0.1) is 0 Å². The third kappa shape index (κ3) is 1.83. The second-order valence-corrected chi connectivity index (χ2v) is 3.50.